The standard InChI is InChI=1S/C23H24ClN3O4S.C5H6F2O.CH2O2/c1-2-3-12-26-20-13-16(23(28)29)14-21(22(20)31-19-10-5-4-6-11-19)32(25,30)27-18-9-7-8-17(24)15-18;1-3-4(2)8-5(6)7;2-1-3/h4-11,13-15,26H,2-3,12H2,1H3,(H,28,29)(H2,25,27,30);3,5H,1-2H2;1H,(H,2,3). The molecule has 43 heavy (non-hydrogen) atoms. The molecule has 0 radical (unpaired) electrons. The third-order valence-electron chi connectivity index (χ3n) is 4.97. The summed E-state index contributed by atoms with van der Waals surface area (Å²) in [5, 5.41) is 20.1. The summed E-state index contributed by atoms with van der Waals surface area (Å²) < 4.78 is 56.9. The Morgan fingerprint density at radius 2 is 1.81 bits per heavy atom. The summed E-state index contributed by atoms with van der Waals surface area (Å²) in [4.78, 5) is 20.1. The van der Waals surface area contributed by atoms with Gasteiger partial charge in [0.2, 0.25) is 0 Å². The molecule has 0 saturated heterocycles. The van der Waals surface area contributed by atoms with Crippen LogP contribution in [0.4, 0.5) is 20.2 Å². The predicted octanol–water partition coefficient (Wildman–Crippen LogP) is 8.10. The Morgan fingerprint density at radius 1 is 1.16 bits per heavy atom. The first kappa shape index (κ1) is 36.4. The molecular weight excluding hydrogens is 608 g/mol. The van der Waals surface area contributed by atoms with E-state index >= 15 is 0 Å². The van der Waals surface area contributed by atoms with Gasteiger partial charge >= 0.3 is 12.6 Å². The SMILES string of the molecule is C=CC(=C)OC(F)F.CCCCNc1cc(C(=O)O)cc(S(=N)(=O)Nc2cccc(Cl)c2)c1Oc1ccccc1.O=CO. The minimum absolute atomic E-state index is 0.0831. The van der Waals surface area contributed by atoms with Crippen LogP contribution in [0.15, 0.2) is 96.6 Å². The first-order valence-corrected chi connectivity index (χ1v) is 14.4. The van der Waals surface area contributed by atoms with Crippen LogP contribution in [0.2, 0.25) is 5.02 Å². The van der Waals surface area contributed by atoms with Crippen molar-refractivity contribution in [2.45, 2.75) is 31.3 Å². The summed E-state index contributed by atoms with van der Waals surface area (Å²) in [6, 6.07) is 18.0. The molecule has 14 heteroatoms. The monoisotopic (exact) mass is 639 g/mol. The van der Waals surface area contributed by atoms with Crippen LogP contribution in [0.3, 0.4) is 0 Å². The van der Waals surface area contributed by atoms with Gasteiger partial charge in [0.25, 0.3) is 6.47 Å². The van der Waals surface area contributed by atoms with E-state index in [0.29, 0.717) is 28.7 Å². The number of ether oxygens (including phenoxy) is 2. The fraction of sp³-hybridized carbons (Fsp3) is 0.172. The molecule has 1 unspecified atom stereocenters. The van der Waals surface area contributed by atoms with Gasteiger partial charge in [0.1, 0.15) is 16.4 Å². The molecule has 0 amide bonds. The van der Waals surface area contributed by atoms with Crippen LogP contribution >= 0.6 is 11.6 Å². The molecule has 232 valence electrons. The molecule has 0 aliphatic rings. The first-order valence-electron chi connectivity index (χ1n) is 12.4. The van der Waals surface area contributed by atoms with E-state index < -0.39 is 22.5 Å². The van der Waals surface area contributed by atoms with Gasteiger partial charge in [-0.3, -0.25) is 9.52 Å². The molecule has 3 aromatic carbocycles. The third kappa shape index (κ3) is 13.3. The molecule has 0 bridgehead atoms. The Bertz CT molecular complexity index is 1470. The fourth-order valence-corrected chi connectivity index (χ4v) is 4.58. The van der Waals surface area contributed by atoms with E-state index in [0.717, 1.165) is 18.9 Å². The van der Waals surface area contributed by atoms with E-state index in [4.69, 9.17) is 31.0 Å². The minimum atomic E-state index is -3.73. The zero-order chi connectivity index (χ0) is 32.4. The van der Waals surface area contributed by atoms with Gasteiger partial charge in [0, 0.05) is 17.3 Å². The lowest BCUT2D eigenvalue weighted by Crippen LogP contribution is -2.15. The average Bonchev–Trinajstić information content (AvgIpc) is 2.94. The second-order valence-electron chi connectivity index (χ2n) is 8.17. The van der Waals surface area contributed by atoms with Gasteiger partial charge < -0.3 is 25.0 Å². The zero-order valence-electron chi connectivity index (χ0n) is 23.1. The summed E-state index contributed by atoms with van der Waals surface area (Å²) in [6.07, 6.45) is 2.89. The number of carbonyl (C=O) groups is 2. The van der Waals surface area contributed by atoms with Crippen LogP contribution in [-0.2, 0) is 19.4 Å². The first-order chi connectivity index (χ1) is 20.4. The summed E-state index contributed by atoms with van der Waals surface area (Å²) in [5.41, 5.74) is 0.613. The lowest BCUT2D eigenvalue weighted by molar-refractivity contribution is -0.122. The number of para-hydroxylation sites is 1. The maximum atomic E-state index is 13.5. The lowest BCUT2D eigenvalue weighted by Gasteiger charge is -2.20. The molecular formula is C29H32ClF2N3O7S. The number of unbranched alkanes of at least 4 members (excludes halogenated alkanes) is 1. The van der Waals surface area contributed by atoms with Crippen molar-refractivity contribution in [1.82, 2.24) is 0 Å². The summed E-state index contributed by atoms with van der Waals surface area (Å²) in [5.74, 6) is -0.714. The molecule has 3 aromatic rings. The average molecular weight is 640 g/mol. The highest BCUT2D eigenvalue weighted by atomic mass is 35.5. The molecule has 3 rings (SSSR count). The van der Waals surface area contributed by atoms with E-state index in [2.05, 4.69) is 27.9 Å². The second kappa shape index (κ2) is 18.7. The van der Waals surface area contributed by atoms with Crippen molar-refractivity contribution in [3.63, 3.8) is 0 Å². The van der Waals surface area contributed by atoms with Crippen molar-refractivity contribution in [2.24, 2.45) is 0 Å². The Morgan fingerprint density at radius 3 is 2.33 bits per heavy atom. The van der Waals surface area contributed by atoms with Crippen molar-refractivity contribution >= 4 is 45.3 Å². The highest BCUT2D eigenvalue weighted by Crippen LogP contribution is 2.39. The minimum Gasteiger partial charge on any atom is -0.483 e. The van der Waals surface area contributed by atoms with Crippen molar-refractivity contribution in [3.8, 4) is 11.5 Å². The van der Waals surface area contributed by atoms with E-state index in [1.807, 2.05) is 13.0 Å². The van der Waals surface area contributed by atoms with Crippen LogP contribution in [0, 0.1) is 4.78 Å². The maximum Gasteiger partial charge on any atom is 0.387 e. The van der Waals surface area contributed by atoms with Crippen molar-refractivity contribution in [2.75, 3.05) is 16.6 Å². The highest BCUT2D eigenvalue weighted by Gasteiger charge is 2.24. The number of rotatable bonds is 13. The van der Waals surface area contributed by atoms with Gasteiger partial charge in [0.05, 0.1) is 11.3 Å². The number of halogens is 3. The molecule has 0 aliphatic carbocycles. The number of hydrogen-bond donors (Lipinski definition) is 5. The molecule has 0 aliphatic heterocycles. The fourth-order valence-electron chi connectivity index (χ4n) is 3.12. The number of anilines is 2. The third-order valence-corrected chi connectivity index (χ3v) is 6.66. The Hall–Kier alpha value is -4.62. The van der Waals surface area contributed by atoms with Gasteiger partial charge in [0.15, 0.2) is 15.7 Å². The molecule has 1 atom stereocenters. The number of carboxylic acids is 1. The summed E-state index contributed by atoms with van der Waals surface area (Å²) in [6.45, 7) is 5.80. The van der Waals surface area contributed by atoms with E-state index in [1.165, 1.54) is 18.2 Å². The number of hydrogen-bond acceptors (Lipinski definition) is 7. The van der Waals surface area contributed by atoms with Crippen molar-refractivity contribution < 1.29 is 42.3 Å². The molecule has 0 heterocycles. The van der Waals surface area contributed by atoms with Gasteiger partial charge in [-0.1, -0.05) is 62.4 Å². The summed E-state index contributed by atoms with van der Waals surface area (Å²) >= 11 is 6.01. The normalized spacial score (nSPS) is 11.3. The maximum absolute atomic E-state index is 13.5. The van der Waals surface area contributed by atoms with E-state index in [9.17, 15) is 22.9 Å². The second-order valence-corrected chi connectivity index (χ2v) is 10.4. The van der Waals surface area contributed by atoms with Crippen LogP contribution in [0.25, 0.3) is 0 Å². The number of benzene rings is 3. The van der Waals surface area contributed by atoms with Gasteiger partial charge in [-0.25, -0.2) is 13.8 Å². The Labute approximate surface area is 253 Å². The van der Waals surface area contributed by atoms with Crippen LogP contribution < -0.4 is 14.8 Å². The van der Waals surface area contributed by atoms with Crippen LogP contribution in [0.5, 0.6) is 11.5 Å². The van der Waals surface area contributed by atoms with E-state index in [-0.39, 0.29) is 28.4 Å². The topological polar surface area (TPSA) is 158 Å². The highest BCUT2D eigenvalue weighted by molar-refractivity contribution is 7.93. The number of allylic oxidation sites excluding steroid dienone is 1. The smallest absolute Gasteiger partial charge is 0.387 e. The number of carboxylic acid groups (broad SMARTS) is 2. The van der Waals surface area contributed by atoms with Crippen LogP contribution in [-0.4, -0.2) is 40.0 Å². The zero-order valence-corrected chi connectivity index (χ0v) is 24.7. The van der Waals surface area contributed by atoms with Gasteiger partial charge in [-0.2, -0.15) is 8.78 Å². The van der Waals surface area contributed by atoms with Crippen LogP contribution in [0.1, 0.15) is 30.1 Å². The molecule has 0 spiro atoms. The number of aromatic carboxylic acids is 1. The Kier molecular flexibility index (Phi) is 15.9. The molecule has 5 N–H and O–H groups in total. The van der Waals surface area contributed by atoms with Crippen molar-refractivity contribution in [3.05, 3.63) is 102 Å². The summed E-state index contributed by atoms with van der Waals surface area (Å²) in [7, 11) is -3.73. The molecule has 0 aromatic heterocycles. The van der Waals surface area contributed by atoms with Gasteiger partial charge in [-0.05, 0) is 55.0 Å². The van der Waals surface area contributed by atoms with Gasteiger partial charge in [-0.15, -0.1) is 0 Å². The molecule has 10 nitrogen and oxygen atoms in total. The largest absolute Gasteiger partial charge is 0.483 e. The Balaban J connectivity index is 0.000000718. The molecule has 0 saturated carbocycles. The van der Waals surface area contributed by atoms with Crippen molar-refractivity contribution in [1.29, 1.82) is 4.78 Å². The lowest BCUT2D eigenvalue weighted by atomic mass is 10.1. The van der Waals surface area contributed by atoms with E-state index in [1.54, 1.807) is 42.5 Å². The quantitative estimate of drug-likeness (QED) is 0.0543. The predicted molar refractivity (Wildman–Crippen MR) is 163 cm³/mol. The number of alkyl halides is 2. The molecule has 0 fully saturated rings. The number of nitrogens with one attached hydrogen (secondary N) is 3.